The summed E-state index contributed by atoms with van der Waals surface area (Å²) in [4.78, 5) is 11.5. The van der Waals surface area contributed by atoms with Gasteiger partial charge < -0.3 is 5.73 Å². The molecule has 1 aromatic heterocycles. The van der Waals surface area contributed by atoms with E-state index in [9.17, 15) is 17.6 Å². The third kappa shape index (κ3) is 3.55. The number of nitrogens with zero attached hydrogens (tertiary/aromatic N) is 2. The van der Waals surface area contributed by atoms with Crippen LogP contribution in [-0.2, 0) is 10.0 Å². The lowest BCUT2D eigenvalue weighted by atomic mass is 10.1. The molecular weight excluding hydrogens is 395 g/mol. The first-order chi connectivity index (χ1) is 13.8. The maximum Gasteiger partial charge on any atom is 0.261 e. The fourth-order valence-corrected chi connectivity index (χ4v) is 4.08. The molecular formula is C20H15FN4O3S. The largest absolute Gasteiger partial charge is 0.366 e. The van der Waals surface area contributed by atoms with Crippen LogP contribution in [0.25, 0.3) is 16.6 Å². The molecule has 0 unspecified atom stereocenters. The van der Waals surface area contributed by atoms with Gasteiger partial charge in [0.25, 0.3) is 15.9 Å². The predicted octanol–water partition coefficient (Wildman–Crippen LogP) is 3.06. The van der Waals surface area contributed by atoms with Gasteiger partial charge in [-0.3, -0.25) is 9.52 Å². The molecule has 9 heteroatoms. The van der Waals surface area contributed by atoms with E-state index >= 15 is 0 Å². The van der Waals surface area contributed by atoms with Gasteiger partial charge in [-0.25, -0.2) is 17.5 Å². The second-order valence-electron chi connectivity index (χ2n) is 6.27. The zero-order valence-corrected chi connectivity index (χ0v) is 15.7. The van der Waals surface area contributed by atoms with E-state index in [4.69, 9.17) is 5.73 Å². The SMILES string of the molecule is NC(=O)c1ccccc1-n1ncc2cc(NS(=O)(=O)c3cccc(F)c3)ccc21. The maximum atomic E-state index is 13.4. The van der Waals surface area contributed by atoms with Gasteiger partial charge in [0.1, 0.15) is 5.82 Å². The van der Waals surface area contributed by atoms with E-state index in [1.165, 1.54) is 18.2 Å². The van der Waals surface area contributed by atoms with Crippen LogP contribution in [0.1, 0.15) is 10.4 Å². The summed E-state index contributed by atoms with van der Waals surface area (Å²) in [6, 6.07) is 16.4. The topological polar surface area (TPSA) is 107 Å². The number of anilines is 1. The molecule has 0 bridgehead atoms. The Morgan fingerprint density at radius 3 is 2.59 bits per heavy atom. The molecule has 0 fully saturated rings. The summed E-state index contributed by atoms with van der Waals surface area (Å²) in [5.74, 6) is -1.22. The first-order valence-corrected chi connectivity index (χ1v) is 9.99. The number of para-hydroxylation sites is 1. The van der Waals surface area contributed by atoms with Gasteiger partial charge in [-0.2, -0.15) is 5.10 Å². The lowest BCUT2D eigenvalue weighted by Gasteiger charge is -2.10. The van der Waals surface area contributed by atoms with Crippen molar-refractivity contribution < 1.29 is 17.6 Å². The van der Waals surface area contributed by atoms with E-state index in [1.807, 2.05) is 0 Å². The number of carbonyl (C=O) groups excluding carboxylic acids is 1. The number of benzene rings is 3. The molecule has 0 aliphatic carbocycles. The van der Waals surface area contributed by atoms with Crippen molar-refractivity contribution in [2.24, 2.45) is 5.73 Å². The summed E-state index contributed by atoms with van der Waals surface area (Å²) in [7, 11) is -3.95. The molecule has 7 nitrogen and oxygen atoms in total. The Balaban J connectivity index is 1.72. The Kier molecular flexibility index (Phi) is 4.51. The first-order valence-electron chi connectivity index (χ1n) is 8.50. The molecule has 0 aliphatic rings. The Morgan fingerprint density at radius 1 is 1.03 bits per heavy atom. The molecule has 3 N–H and O–H groups in total. The average molecular weight is 410 g/mol. The second-order valence-corrected chi connectivity index (χ2v) is 7.96. The van der Waals surface area contributed by atoms with Crippen LogP contribution in [-0.4, -0.2) is 24.1 Å². The Morgan fingerprint density at radius 2 is 1.83 bits per heavy atom. The van der Waals surface area contributed by atoms with E-state index in [2.05, 4.69) is 9.82 Å². The maximum absolute atomic E-state index is 13.4. The number of sulfonamides is 1. The normalized spacial score (nSPS) is 11.5. The number of aromatic nitrogens is 2. The second kappa shape index (κ2) is 7.02. The van der Waals surface area contributed by atoms with E-state index in [1.54, 1.807) is 53.3 Å². The van der Waals surface area contributed by atoms with E-state index in [-0.39, 0.29) is 4.90 Å². The van der Waals surface area contributed by atoms with Gasteiger partial charge in [-0.05, 0) is 48.5 Å². The van der Waals surface area contributed by atoms with E-state index in [0.717, 1.165) is 6.07 Å². The number of halogens is 1. The van der Waals surface area contributed by atoms with Crippen LogP contribution in [0.4, 0.5) is 10.1 Å². The zero-order valence-electron chi connectivity index (χ0n) is 14.9. The van der Waals surface area contributed by atoms with Crippen molar-refractivity contribution in [1.29, 1.82) is 0 Å². The molecule has 0 radical (unpaired) electrons. The number of nitrogens with one attached hydrogen (secondary N) is 1. The Bertz CT molecular complexity index is 1350. The van der Waals surface area contributed by atoms with Gasteiger partial charge in [-0.1, -0.05) is 18.2 Å². The highest BCUT2D eigenvalue weighted by molar-refractivity contribution is 7.92. The summed E-state index contributed by atoms with van der Waals surface area (Å²) in [6.45, 7) is 0. The van der Waals surface area contributed by atoms with Gasteiger partial charge in [0, 0.05) is 11.1 Å². The van der Waals surface area contributed by atoms with Crippen molar-refractivity contribution in [3.05, 3.63) is 84.3 Å². The number of rotatable bonds is 5. The highest BCUT2D eigenvalue weighted by atomic mass is 32.2. The fraction of sp³-hybridized carbons (Fsp3) is 0. The zero-order chi connectivity index (χ0) is 20.6. The van der Waals surface area contributed by atoms with Crippen molar-refractivity contribution in [3.8, 4) is 5.69 Å². The van der Waals surface area contributed by atoms with Crippen LogP contribution < -0.4 is 10.5 Å². The summed E-state index contributed by atoms with van der Waals surface area (Å²) in [5, 5.41) is 4.94. The minimum Gasteiger partial charge on any atom is -0.366 e. The highest BCUT2D eigenvalue weighted by Gasteiger charge is 2.17. The molecule has 0 aliphatic heterocycles. The molecule has 3 aromatic carbocycles. The van der Waals surface area contributed by atoms with E-state index in [0.29, 0.717) is 27.8 Å². The summed E-state index contributed by atoms with van der Waals surface area (Å²) < 4.78 is 42.3. The molecule has 0 atom stereocenters. The van der Waals surface area contributed by atoms with Crippen molar-refractivity contribution in [2.75, 3.05) is 4.72 Å². The number of hydrogen-bond donors (Lipinski definition) is 2. The number of primary amides is 1. The standard InChI is InChI=1S/C20H15FN4O3S/c21-14-4-3-5-16(11-14)29(27,28)24-15-8-9-18-13(10-15)12-23-25(18)19-7-2-1-6-17(19)20(22)26/h1-12,24H,(H2,22,26). The average Bonchev–Trinajstić information content (AvgIpc) is 3.10. The summed E-state index contributed by atoms with van der Waals surface area (Å²) in [6.07, 6.45) is 1.55. The van der Waals surface area contributed by atoms with Gasteiger partial charge in [0.05, 0.1) is 27.9 Å². The highest BCUT2D eigenvalue weighted by Crippen LogP contribution is 2.25. The smallest absolute Gasteiger partial charge is 0.261 e. The molecule has 4 rings (SSSR count). The molecule has 1 amide bonds. The number of hydrogen-bond acceptors (Lipinski definition) is 4. The monoisotopic (exact) mass is 410 g/mol. The van der Waals surface area contributed by atoms with Crippen molar-refractivity contribution in [2.45, 2.75) is 4.90 Å². The molecule has 0 spiro atoms. The number of fused-ring (bicyclic) bond motifs is 1. The lowest BCUT2D eigenvalue weighted by Crippen LogP contribution is -2.15. The Labute approximate surface area is 165 Å². The van der Waals surface area contributed by atoms with Crippen LogP contribution in [0.5, 0.6) is 0 Å². The predicted molar refractivity (Wildman–Crippen MR) is 107 cm³/mol. The minimum absolute atomic E-state index is 0.177. The Hall–Kier alpha value is -3.72. The van der Waals surface area contributed by atoms with Gasteiger partial charge in [-0.15, -0.1) is 0 Å². The molecule has 4 aromatic rings. The fourth-order valence-electron chi connectivity index (χ4n) is 3.00. The molecule has 0 saturated heterocycles. The molecule has 0 saturated carbocycles. The number of amides is 1. The van der Waals surface area contributed by atoms with Crippen LogP contribution in [0.15, 0.2) is 77.8 Å². The quantitative estimate of drug-likeness (QED) is 0.527. The van der Waals surface area contributed by atoms with E-state index < -0.39 is 21.7 Å². The minimum atomic E-state index is -3.95. The lowest BCUT2D eigenvalue weighted by molar-refractivity contribution is 0.1000. The van der Waals surface area contributed by atoms with Crippen molar-refractivity contribution in [3.63, 3.8) is 0 Å². The van der Waals surface area contributed by atoms with Gasteiger partial charge in [0.2, 0.25) is 0 Å². The van der Waals surface area contributed by atoms with Gasteiger partial charge >= 0.3 is 0 Å². The summed E-state index contributed by atoms with van der Waals surface area (Å²) >= 11 is 0. The molecule has 1 heterocycles. The molecule has 29 heavy (non-hydrogen) atoms. The van der Waals surface area contributed by atoms with Crippen LogP contribution in [0.2, 0.25) is 0 Å². The number of nitrogens with two attached hydrogens (primary N) is 1. The van der Waals surface area contributed by atoms with Gasteiger partial charge in [0.15, 0.2) is 0 Å². The third-order valence-electron chi connectivity index (χ3n) is 4.32. The first kappa shape index (κ1) is 18.6. The van der Waals surface area contributed by atoms with Crippen molar-refractivity contribution >= 4 is 32.5 Å². The third-order valence-corrected chi connectivity index (χ3v) is 5.70. The molecule has 146 valence electrons. The summed E-state index contributed by atoms with van der Waals surface area (Å²) in [5.41, 5.74) is 7.23. The van der Waals surface area contributed by atoms with Crippen molar-refractivity contribution in [1.82, 2.24) is 9.78 Å². The number of carbonyl (C=O) groups is 1. The van der Waals surface area contributed by atoms with Crippen LogP contribution >= 0.6 is 0 Å². The van der Waals surface area contributed by atoms with Crippen LogP contribution in [0, 0.1) is 5.82 Å². The van der Waals surface area contributed by atoms with Crippen LogP contribution in [0.3, 0.4) is 0 Å².